The normalized spacial score (nSPS) is 32.4. The summed E-state index contributed by atoms with van der Waals surface area (Å²) in [5, 5.41) is 0. The second-order valence-corrected chi connectivity index (χ2v) is 3.30. The first-order valence-electron chi connectivity index (χ1n) is 4.38. The second kappa shape index (κ2) is 4.33. The smallest absolute Gasteiger partial charge is 0.231 e. The molecule has 0 atom stereocenters. The summed E-state index contributed by atoms with van der Waals surface area (Å²) >= 11 is 0. The summed E-state index contributed by atoms with van der Waals surface area (Å²) < 4.78 is 10.9. The number of ether oxygens (including phenoxy) is 2. The van der Waals surface area contributed by atoms with Crippen LogP contribution >= 0.6 is 0 Å². The molecule has 0 N–H and O–H groups in total. The van der Waals surface area contributed by atoms with Crippen molar-refractivity contribution in [3.05, 3.63) is 0 Å². The highest BCUT2D eigenvalue weighted by Gasteiger charge is 2.29. The molecule has 0 aliphatic carbocycles. The molecule has 13 heavy (non-hydrogen) atoms. The van der Waals surface area contributed by atoms with Gasteiger partial charge in [0.25, 0.3) is 0 Å². The first-order valence-corrected chi connectivity index (χ1v) is 4.38. The van der Waals surface area contributed by atoms with E-state index in [1.54, 1.807) is 6.92 Å². The fourth-order valence-electron chi connectivity index (χ4n) is 0.972. The highest BCUT2D eigenvalue weighted by Crippen LogP contribution is 2.19. The van der Waals surface area contributed by atoms with Gasteiger partial charge in [0.15, 0.2) is 0 Å². The van der Waals surface area contributed by atoms with Gasteiger partial charge in [-0.2, -0.15) is 0 Å². The minimum Gasteiger partial charge on any atom is -0.339 e. The van der Waals surface area contributed by atoms with Crippen molar-refractivity contribution >= 4 is 0 Å². The average molecular weight is 178 g/mol. The van der Waals surface area contributed by atoms with Gasteiger partial charge in [0.2, 0.25) is 5.79 Å². The minimum atomic E-state index is -0.754. The van der Waals surface area contributed by atoms with Gasteiger partial charge < -0.3 is 9.47 Å². The van der Waals surface area contributed by atoms with Crippen molar-refractivity contribution in [2.24, 2.45) is 5.92 Å². The van der Waals surface area contributed by atoms with Crippen molar-refractivity contribution in [2.45, 2.75) is 26.6 Å². The molecule has 0 unspecified atom stereocenters. The summed E-state index contributed by atoms with van der Waals surface area (Å²) in [6, 6.07) is 0. The van der Waals surface area contributed by atoms with Crippen LogP contribution in [0.5, 0.6) is 0 Å². The van der Waals surface area contributed by atoms with Crippen molar-refractivity contribution in [2.75, 3.05) is 13.2 Å². The Morgan fingerprint density at radius 3 is 2.38 bits per heavy atom. The molecule has 0 bridgehead atoms. The second-order valence-electron chi connectivity index (χ2n) is 3.30. The van der Waals surface area contributed by atoms with Crippen LogP contribution in [0.1, 0.15) is 20.8 Å². The standard InChI is InChI=1S/C11H14O2/c1-4-5-6-7-11(3)12-8-10(2)9-13-11/h10H,8-9H2,1-3H3. The molecule has 1 fully saturated rings. The molecule has 1 aliphatic rings. The third kappa shape index (κ3) is 3.11. The lowest BCUT2D eigenvalue weighted by Crippen LogP contribution is -2.39. The summed E-state index contributed by atoms with van der Waals surface area (Å²) in [5.74, 6) is 10.6. The van der Waals surface area contributed by atoms with Crippen molar-refractivity contribution in [3.8, 4) is 23.7 Å². The molecule has 0 radical (unpaired) electrons. The Bertz CT molecular complexity index is 277. The van der Waals surface area contributed by atoms with Crippen LogP contribution in [-0.2, 0) is 9.47 Å². The summed E-state index contributed by atoms with van der Waals surface area (Å²) in [6.45, 7) is 7.05. The zero-order valence-electron chi connectivity index (χ0n) is 8.31. The SMILES string of the molecule is CC#CC#CC1(C)OCC(C)CO1. The minimum absolute atomic E-state index is 0.451. The van der Waals surface area contributed by atoms with Crippen LogP contribution in [0, 0.1) is 29.6 Å². The van der Waals surface area contributed by atoms with Crippen LogP contribution in [0.2, 0.25) is 0 Å². The molecule has 2 heteroatoms. The van der Waals surface area contributed by atoms with Gasteiger partial charge in [0.1, 0.15) is 0 Å². The maximum Gasteiger partial charge on any atom is 0.231 e. The van der Waals surface area contributed by atoms with Crippen LogP contribution in [0.25, 0.3) is 0 Å². The van der Waals surface area contributed by atoms with Crippen molar-refractivity contribution in [1.82, 2.24) is 0 Å². The molecule has 1 heterocycles. The highest BCUT2D eigenvalue weighted by molar-refractivity contribution is 5.27. The highest BCUT2D eigenvalue weighted by atomic mass is 16.7. The fraction of sp³-hybridized carbons (Fsp3) is 0.636. The molecule has 0 aromatic carbocycles. The van der Waals surface area contributed by atoms with Gasteiger partial charge in [-0.3, -0.25) is 0 Å². The Morgan fingerprint density at radius 1 is 1.23 bits per heavy atom. The molecule has 1 aliphatic heterocycles. The Labute approximate surface area is 79.6 Å². The summed E-state index contributed by atoms with van der Waals surface area (Å²) in [5.41, 5.74) is 0. The zero-order valence-corrected chi connectivity index (χ0v) is 8.31. The van der Waals surface area contributed by atoms with E-state index in [-0.39, 0.29) is 0 Å². The van der Waals surface area contributed by atoms with Gasteiger partial charge in [-0.15, -0.1) is 0 Å². The topological polar surface area (TPSA) is 18.5 Å². The fourth-order valence-corrected chi connectivity index (χ4v) is 0.972. The van der Waals surface area contributed by atoms with E-state index >= 15 is 0 Å². The number of hydrogen-bond donors (Lipinski definition) is 0. The molecule has 0 aromatic rings. The van der Waals surface area contributed by atoms with Gasteiger partial charge in [-0.25, -0.2) is 0 Å². The number of hydrogen-bond acceptors (Lipinski definition) is 2. The largest absolute Gasteiger partial charge is 0.339 e. The maximum absolute atomic E-state index is 5.46. The molecule has 0 saturated carbocycles. The van der Waals surface area contributed by atoms with Gasteiger partial charge in [-0.05, 0) is 24.7 Å². The lowest BCUT2D eigenvalue weighted by atomic mass is 10.2. The van der Waals surface area contributed by atoms with E-state index in [1.165, 1.54) is 0 Å². The van der Waals surface area contributed by atoms with E-state index in [2.05, 4.69) is 30.6 Å². The third-order valence-corrected chi connectivity index (χ3v) is 1.76. The molecule has 0 spiro atoms. The van der Waals surface area contributed by atoms with Crippen molar-refractivity contribution in [1.29, 1.82) is 0 Å². The number of rotatable bonds is 0. The Balaban J connectivity index is 2.57. The van der Waals surface area contributed by atoms with Crippen LogP contribution < -0.4 is 0 Å². The zero-order chi connectivity index (χ0) is 9.73. The van der Waals surface area contributed by atoms with E-state index in [9.17, 15) is 0 Å². The Hall–Kier alpha value is -0.960. The maximum atomic E-state index is 5.46. The van der Waals surface area contributed by atoms with E-state index in [0.717, 1.165) is 0 Å². The first kappa shape index (κ1) is 10.1. The van der Waals surface area contributed by atoms with Crippen LogP contribution in [0.3, 0.4) is 0 Å². The van der Waals surface area contributed by atoms with Gasteiger partial charge in [-0.1, -0.05) is 12.8 Å². The third-order valence-electron chi connectivity index (χ3n) is 1.76. The van der Waals surface area contributed by atoms with Gasteiger partial charge in [0, 0.05) is 12.8 Å². The molecule has 0 amide bonds. The van der Waals surface area contributed by atoms with Crippen molar-refractivity contribution < 1.29 is 9.47 Å². The van der Waals surface area contributed by atoms with E-state index < -0.39 is 5.79 Å². The summed E-state index contributed by atoms with van der Waals surface area (Å²) in [7, 11) is 0. The lowest BCUT2D eigenvalue weighted by Gasteiger charge is -2.32. The molecule has 0 aromatic heterocycles. The first-order chi connectivity index (χ1) is 6.16. The quantitative estimate of drug-likeness (QED) is 0.522. The predicted octanol–water partition coefficient (Wildman–Crippen LogP) is 1.41. The summed E-state index contributed by atoms with van der Waals surface area (Å²) in [6.07, 6.45) is 0. The van der Waals surface area contributed by atoms with Crippen LogP contribution in [-0.4, -0.2) is 19.0 Å². The van der Waals surface area contributed by atoms with E-state index in [4.69, 9.17) is 9.47 Å². The van der Waals surface area contributed by atoms with E-state index in [1.807, 2.05) is 6.92 Å². The molecular formula is C11H14O2. The predicted molar refractivity (Wildman–Crippen MR) is 50.7 cm³/mol. The van der Waals surface area contributed by atoms with Crippen LogP contribution in [0.4, 0.5) is 0 Å². The lowest BCUT2D eigenvalue weighted by molar-refractivity contribution is -0.235. The van der Waals surface area contributed by atoms with Gasteiger partial charge in [0.05, 0.1) is 13.2 Å². The van der Waals surface area contributed by atoms with Crippen molar-refractivity contribution in [3.63, 3.8) is 0 Å². The monoisotopic (exact) mass is 178 g/mol. The average Bonchev–Trinajstić information content (AvgIpc) is 2.12. The van der Waals surface area contributed by atoms with Crippen LogP contribution in [0.15, 0.2) is 0 Å². The van der Waals surface area contributed by atoms with E-state index in [0.29, 0.717) is 19.1 Å². The molecular weight excluding hydrogens is 164 g/mol. The molecule has 70 valence electrons. The molecule has 1 rings (SSSR count). The summed E-state index contributed by atoms with van der Waals surface area (Å²) in [4.78, 5) is 0. The molecule has 2 nitrogen and oxygen atoms in total. The van der Waals surface area contributed by atoms with Gasteiger partial charge >= 0.3 is 0 Å². The Kier molecular flexibility index (Phi) is 3.37. The molecule has 1 saturated heterocycles. The Morgan fingerprint density at radius 2 is 1.85 bits per heavy atom.